The molecule has 3 N–H and O–H groups in total. The van der Waals surface area contributed by atoms with Gasteiger partial charge in [-0.05, 0) is 6.42 Å². The highest BCUT2D eigenvalue weighted by atomic mass is 16.4. The van der Waals surface area contributed by atoms with E-state index in [0.717, 1.165) is 0 Å². The Morgan fingerprint density at radius 1 is 1.69 bits per heavy atom. The summed E-state index contributed by atoms with van der Waals surface area (Å²) < 4.78 is 4.94. The molecule has 0 aliphatic rings. The number of carbonyl (C=O) groups excluding carboxylic acids is 1. The summed E-state index contributed by atoms with van der Waals surface area (Å²) in [5, 5.41) is 9.56. The SMILES string of the molecule is CC[C@H](N)C(=O)Nc1nnc(C)o1. The molecular formula is C7H12N4O2. The number of hydrogen-bond donors (Lipinski definition) is 2. The fraction of sp³-hybridized carbons (Fsp3) is 0.571. The minimum absolute atomic E-state index is 0.0893. The van der Waals surface area contributed by atoms with Gasteiger partial charge >= 0.3 is 6.01 Å². The Bertz CT molecular complexity index is 296. The smallest absolute Gasteiger partial charge is 0.322 e. The Labute approximate surface area is 75.5 Å². The quantitative estimate of drug-likeness (QED) is 0.692. The van der Waals surface area contributed by atoms with Crippen molar-refractivity contribution in [3.05, 3.63) is 5.89 Å². The summed E-state index contributed by atoms with van der Waals surface area (Å²) in [6, 6.07) is -0.446. The molecule has 0 aliphatic carbocycles. The maximum atomic E-state index is 11.2. The first-order valence-corrected chi connectivity index (χ1v) is 4.00. The van der Waals surface area contributed by atoms with E-state index in [1.54, 1.807) is 6.92 Å². The van der Waals surface area contributed by atoms with Crippen LogP contribution in [0.1, 0.15) is 19.2 Å². The summed E-state index contributed by atoms with van der Waals surface area (Å²) in [4.78, 5) is 11.2. The lowest BCUT2D eigenvalue weighted by Gasteiger charge is -2.05. The van der Waals surface area contributed by atoms with Crippen LogP contribution in [0.15, 0.2) is 4.42 Å². The van der Waals surface area contributed by atoms with Gasteiger partial charge in [0, 0.05) is 6.92 Å². The molecule has 6 nitrogen and oxygen atoms in total. The Hall–Kier alpha value is -1.43. The number of nitrogens with one attached hydrogen (secondary N) is 1. The van der Waals surface area contributed by atoms with Gasteiger partial charge in [0.2, 0.25) is 11.8 Å². The second kappa shape index (κ2) is 3.99. The van der Waals surface area contributed by atoms with Crippen molar-refractivity contribution < 1.29 is 9.21 Å². The lowest BCUT2D eigenvalue weighted by Crippen LogP contribution is -2.34. The number of nitrogens with zero attached hydrogens (tertiary/aromatic N) is 2. The Balaban J connectivity index is 2.54. The van der Waals surface area contributed by atoms with Crippen molar-refractivity contribution in [2.75, 3.05) is 5.32 Å². The number of aromatic nitrogens is 2. The molecule has 1 aromatic rings. The van der Waals surface area contributed by atoms with Crippen molar-refractivity contribution in [1.29, 1.82) is 0 Å². The fourth-order valence-electron chi connectivity index (χ4n) is 0.731. The summed E-state index contributed by atoms with van der Waals surface area (Å²) in [5.74, 6) is 0.0894. The first-order chi connectivity index (χ1) is 6.13. The van der Waals surface area contributed by atoms with E-state index in [9.17, 15) is 4.79 Å². The predicted octanol–water partition coefficient (Wildman–Crippen LogP) is 0.0538. The van der Waals surface area contributed by atoms with Crippen LogP contribution in [0.25, 0.3) is 0 Å². The molecule has 13 heavy (non-hydrogen) atoms. The predicted molar refractivity (Wildman–Crippen MR) is 45.9 cm³/mol. The number of aryl methyl sites for hydroxylation is 1. The van der Waals surface area contributed by atoms with E-state index in [1.807, 2.05) is 6.92 Å². The monoisotopic (exact) mass is 184 g/mol. The van der Waals surface area contributed by atoms with Crippen molar-refractivity contribution in [1.82, 2.24) is 10.2 Å². The number of rotatable bonds is 3. The second-order valence-electron chi connectivity index (χ2n) is 2.63. The van der Waals surface area contributed by atoms with Crippen LogP contribution in [0.4, 0.5) is 6.01 Å². The Morgan fingerprint density at radius 3 is 2.85 bits per heavy atom. The third-order valence-corrected chi connectivity index (χ3v) is 1.53. The molecule has 1 atom stereocenters. The van der Waals surface area contributed by atoms with Crippen LogP contribution in [0.5, 0.6) is 0 Å². The zero-order chi connectivity index (χ0) is 9.84. The maximum absolute atomic E-state index is 11.2. The molecule has 0 spiro atoms. The lowest BCUT2D eigenvalue weighted by molar-refractivity contribution is -0.117. The van der Waals surface area contributed by atoms with E-state index >= 15 is 0 Å². The summed E-state index contributed by atoms with van der Waals surface area (Å²) in [6.45, 7) is 3.46. The van der Waals surface area contributed by atoms with Gasteiger partial charge in [-0.1, -0.05) is 12.0 Å². The average Bonchev–Trinajstić information content (AvgIpc) is 2.49. The average molecular weight is 184 g/mol. The van der Waals surface area contributed by atoms with Crippen LogP contribution >= 0.6 is 0 Å². The first kappa shape index (κ1) is 9.66. The van der Waals surface area contributed by atoms with E-state index in [-0.39, 0.29) is 11.9 Å². The normalized spacial score (nSPS) is 12.5. The molecule has 1 amide bonds. The van der Waals surface area contributed by atoms with E-state index in [4.69, 9.17) is 10.2 Å². The third-order valence-electron chi connectivity index (χ3n) is 1.53. The number of anilines is 1. The lowest BCUT2D eigenvalue weighted by atomic mass is 10.2. The van der Waals surface area contributed by atoms with Crippen molar-refractivity contribution in [2.24, 2.45) is 5.73 Å². The molecule has 0 radical (unpaired) electrons. The van der Waals surface area contributed by atoms with Crippen molar-refractivity contribution in [3.63, 3.8) is 0 Å². The van der Waals surface area contributed by atoms with Gasteiger partial charge in [0.05, 0.1) is 6.04 Å². The summed E-state index contributed by atoms with van der Waals surface area (Å²) in [5.41, 5.74) is 5.47. The number of amides is 1. The Morgan fingerprint density at radius 2 is 2.38 bits per heavy atom. The molecule has 0 aromatic carbocycles. The molecule has 0 saturated heterocycles. The fourth-order valence-corrected chi connectivity index (χ4v) is 0.731. The highest BCUT2D eigenvalue weighted by Crippen LogP contribution is 2.04. The Kier molecular flexibility index (Phi) is 2.97. The van der Waals surface area contributed by atoms with E-state index < -0.39 is 6.04 Å². The van der Waals surface area contributed by atoms with Crippen molar-refractivity contribution in [2.45, 2.75) is 26.3 Å². The standard InChI is InChI=1S/C7H12N4O2/c1-3-5(8)6(12)9-7-11-10-4(2)13-7/h5H,3,8H2,1-2H3,(H,9,11,12)/t5-/m0/s1. The van der Waals surface area contributed by atoms with Gasteiger partial charge in [-0.15, -0.1) is 5.10 Å². The molecule has 0 unspecified atom stereocenters. The second-order valence-corrected chi connectivity index (χ2v) is 2.63. The van der Waals surface area contributed by atoms with E-state index in [2.05, 4.69) is 15.5 Å². The van der Waals surface area contributed by atoms with Crippen LogP contribution in [0, 0.1) is 6.92 Å². The van der Waals surface area contributed by atoms with Gasteiger partial charge in [0.1, 0.15) is 0 Å². The number of hydrogen-bond acceptors (Lipinski definition) is 5. The summed E-state index contributed by atoms with van der Waals surface area (Å²) >= 11 is 0. The van der Waals surface area contributed by atoms with E-state index in [1.165, 1.54) is 0 Å². The molecule has 1 rings (SSSR count). The van der Waals surface area contributed by atoms with Gasteiger partial charge in [0.15, 0.2) is 0 Å². The van der Waals surface area contributed by atoms with Crippen LogP contribution in [0.3, 0.4) is 0 Å². The van der Waals surface area contributed by atoms with Gasteiger partial charge in [-0.2, -0.15) is 0 Å². The first-order valence-electron chi connectivity index (χ1n) is 4.00. The highest BCUT2D eigenvalue weighted by Gasteiger charge is 2.13. The molecule has 1 heterocycles. The van der Waals surface area contributed by atoms with Gasteiger partial charge < -0.3 is 10.2 Å². The van der Waals surface area contributed by atoms with Crippen LogP contribution < -0.4 is 11.1 Å². The summed E-state index contributed by atoms with van der Waals surface area (Å²) in [6.07, 6.45) is 0.568. The highest BCUT2D eigenvalue weighted by molar-refractivity contribution is 5.92. The molecular weight excluding hydrogens is 172 g/mol. The maximum Gasteiger partial charge on any atom is 0.322 e. The van der Waals surface area contributed by atoms with Gasteiger partial charge in [-0.25, -0.2) is 0 Å². The molecule has 72 valence electrons. The molecule has 0 saturated carbocycles. The largest absolute Gasteiger partial charge is 0.408 e. The van der Waals surface area contributed by atoms with Crippen molar-refractivity contribution >= 4 is 11.9 Å². The zero-order valence-corrected chi connectivity index (χ0v) is 7.57. The molecule has 0 fully saturated rings. The molecule has 0 aliphatic heterocycles. The van der Waals surface area contributed by atoms with Gasteiger partial charge in [0.25, 0.3) is 0 Å². The number of nitrogens with two attached hydrogens (primary N) is 1. The van der Waals surface area contributed by atoms with Crippen LogP contribution in [-0.2, 0) is 4.79 Å². The number of carbonyl (C=O) groups is 1. The minimum Gasteiger partial charge on any atom is -0.408 e. The van der Waals surface area contributed by atoms with Crippen LogP contribution in [0.2, 0.25) is 0 Å². The zero-order valence-electron chi connectivity index (χ0n) is 7.57. The van der Waals surface area contributed by atoms with Gasteiger partial charge in [-0.3, -0.25) is 10.1 Å². The molecule has 1 aromatic heterocycles. The van der Waals surface area contributed by atoms with Crippen LogP contribution in [-0.4, -0.2) is 22.1 Å². The van der Waals surface area contributed by atoms with E-state index in [0.29, 0.717) is 12.3 Å². The third kappa shape index (κ3) is 2.51. The topological polar surface area (TPSA) is 94.0 Å². The summed E-state index contributed by atoms with van der Waals surface area (Å²) in [7, 11) is 0. The molecule has 0 bridgehead atoms. The van der Waals surface area contributed by atoms with Crippen molar-refractivity contribution in [3.8, 4) is 0 Å². The molecule has 6 heteroatoms. The minimum atomic E-state index is -0.535.